The summed E-state index contributed by atoms with van der Waals surface area (Å²) in [5.74, 6) is 0.820. The number of nitrogens with zero attached hydrogens (tertiary/aromatic N) is 4. The van der Waals surface area contributed by atoms with Crippen LogP contribution < -0.4 is 4.90 Å². The smallest absolute Gasteiger partial charge is 0.261 e. The van der Waals surface area contributed by atoms with Gasteiger partial charge in [0.05, 0.1) is 4.70 Å². The maximum Gasteiger partial charge on any atom is 0.261 e. The Morgan fingerprint density at radius 3 is 2.11 bits per heavy atom. The lowest BCUT2D eigenvalue weighted by atomic mass is 9.94. The van der Waals surface area contributed by atoms with Gasteiger partial charge in [0, 0.05) is 54.6 Å². The van der Waals surface area contributed by atoms with Crippen molar-refractivity contribution in [2.24, 2.45) is 0 Å². The van der Waals surface area contributed by atoms with Crippen LogP contribution in [0.15, 0.2) is 60.7 Å². The van der Waals surface area contributed by atoms with Crippen molar-refractivity contribution >= 4 is 50.0 Å². The van der Waals surface area contributed by atoms with E-state index in [2.05, 4.69) is 34.1 Å². The van der Waals surface area contributed by atoms with Gasteiger partial charge in [-0.1, -0.05) is 49.2 Å². The van der Waals surface area contributed by atoms with Gasteiger partial charge in [0.2, 0.25) is 0 Å². The predicted octanol–water partition coefficient (Wildman–Crippen LogP) is 5.43. The van der Waals surface area contributed by atoms with Crippen LogP contribution in [0.4, 0.5) is 5.82 Å². The summed E-state index contributed by atoms with van der Waals surface area (Å²) in [6.45, 7) is 5.74. The number of imide groups is 1. The molecule has 0 unspecified atom stereocenters. The molecule has 6 rings (SSSR count). The van der Waals surface area contributed by atoms with Crippen LogP contribution in [0.2, 0.25) is 0 Å². The number of hydrogen-bond donors (Lipinski definition) is 0. The van der Waals surface area contributed by atoms with Gasteiger partial charge in [-0.15, -0.1) is 0 Å². The molecule has 1 aromatic heterocycles. The first-order valence-corrected chi connectivity index (χ1v) is 13.7. The summed E-state index contributed by atoms with van der Waals surface area (Å²) in [4.78, 5) is 32.4. The molecule has 1 fully saturated rings. The summed E-state index contributed by atoms with van der Waals surface area (Å²) in [5.41, 5.74) is 1.29. The van der Waals surface area contributed by atoms with E-state index < -0.39 is 0 Å². The van der Waals surface area contributed by atoms with E-state index in [-0.39, 0.29) is 11.8 Å². The molecule has 3 heterocycles. The molecule has 6 nitrogen and oxygen atoms in total. The highest BCUT2D eigenvalue weighted by Gasteiger charge is 2.32. The SMILES string of the molecule is O=C1c2cccc3cccc(c23)C(=O)N1CCCCCCN1CCN(c2nsc3ccccc23)CC1. The third-order valence-electron chi connectivity index (χ3n) is 7.49. The molecule has 0 atom stereocenters. The van der Waals surface area contributed by atoms with E-state index >= 15 is 0 Å². The van der Waals surface area contributed by atoms with Crippen LogP contribution in [0.1, 0.15) is 46.4 Å². The summed E-state index contributed by atoms with van der Waals surface area (Å²) in [7, 11) is 0. The molecule has 4 aromatic rings. The summed E-state index contributed by atoms with van der Waals surface area (Å²) < 4.78 is 5.96. The van der Waals surface area contributed by atoms with Gasteiger partial charge in [0.25, 0.3) is 11.8 Å². The van der Waals surface area contributed by atoms with E-state index in [0.29, 0.717) is 17.7 Å². The number of carbonyl (C=O) groups excluding carboxylic acids is 2. The average Bonchev–Trinajstić information content (AvgIpc) is 3.35. The van der Waals surface area contributed by atoms with Crippen molar-refractivity contribution in [3.63, 3.8) is 0 Å². The first-order valence-electron chi connectivity index (χ1n) is 12.9. The van der Waals surface area contributed by atoms with Crippen LogP contribution >= 0.6 is 11.5 Å². The number of anilines is 1. The molecule has 1 saturated heterocycles. The number of piperazine rings is 1. The van der Waals surface area contributed by atoms with Crippen LogP contribution in [0.25, 0.3) is 20.9 Å². The van der Waals surface area contributed by atoms with Crippen LogP contribution in [-0.2, 0) is 0 Å². The van der Waals surface area contributed by atoms with E-state index in [1.165, 1.54) is 15.0 Å². The fourth-order valence-corrected chi connectivity index (χ4v) is 6.32. The molecule has 2 amide bonds. The van der Waals surface area contributed by atoms with Crippen molar-refractivity contribution in [1.82, 2.24) is 14.2 Å². The van der Waals surface area contributed by atoms with Crippen molar-refractivity contribution in [2.75, 3.05) is 44.2 Å². The zero-order valence-corrected chi connectivity index (χ0v) is 21.2. The molecule has 0 bridgehead atoms. The summed E-state index contributed by atoms with van der Waals surface area (Å²) in [6.07, 6.45) is 4.12. The number of aromatic nitrogens is 1. The molecule has 184 valence electrons. The van der Waals surface area contributed by atoms with Gasteiger partial charge in [-0.05, 0) is 60.6 Å². The van der Waals surface area contributed by atoms with E-state index in [4.69, 9.17) is 4.37 Å². The second kappa shape index (κ2) is 9.99. The Morgan fingerprint density at radius 1 is 0.722 bits per heavy atom. The third-order valence-corrected chi connectivity index (χ3v) is 8.31. The summed E-state index contributed by atoms with van der Waals surface area (Å²) in [6, 6.07) is 19.9. The molecule has 36 heavy (non-hydrogen) atoms. The quantitative estimate of drug-likeness (QED) is 0.240. The molecule has 2 aliphatic rings. The van der Waals surface area contributed by atoms with E-state index in [9.17, 15) is 9.59 Å². The average molecular weight is 499 g/mol. The van der Waals surface area contributed by atoms with Crippen LogP contribution in [-0.4, -0.2) is 65.3 Å². The van der Waals surface area contributed by atoms with E-state index in [1.807, 2.05) is 36.4 Å². The van der Waals surface area contributed by atoms with E-state index in [0.717, 1.165) is 75.0 Å². The lowest BCUT2D eigenvalue weighted by molar-refractivity contribution is 0.0607. The molecule has 0 N–H and O–H groups in total. The number of hydrogen-bond acceptors (Lipinski definition) is 6. The van der Waals surface area contributed by atoms with Crippen molar-refractivity contribution in [1.29, 1.82) is 0 Å². The zero-order valence-electron chi connectivity index (χ0n) is 20.4. The normalized spacial score (nSPS) is 16.4. The van der Waals surface area contributed by atoms with Gasteiger partial charge in [-0.25, -0.2) is 0 Å². The summed E-state index contributed by atoms with van der Waals surface area (Å²) >= 11 is 1.58. The van der Waals surface area contributed by atoms with Crippen molar-refractivity contribution < 1.29 is 9.59 Å². The molecule has 0 aliphatic carbocycles. The third kappa shape index (κ3) is 4.27. The molecule has 3 aromatic carbocycles. The Bertz CT molecular complexity index is 1370. The minimum absolute atomic E-state index is 0.157. The van der Waals surface area contributed by atoms with Gasteiger partial charge in [0.15, 0.2) is 0 Å². The maximum atomic E-state index is 13.0. The number of carbonyl (C=O) groups is 2. The zero-order chi connectivity index (χ0) is 24.5. The first-order chi connectivity index (χ1) is 17.7. The number of rotatable bonds is 8. The largest absolute Gasteiger partial charge is 0.353 e. The van der Waals surface area contributed by atoms with Crippen LogP contribution in [0.3, 0.4) is 0 Å². The minimum atomic E-state index is -0.157. The molecule has 0 saturated carbocycles. The van der Waals surface area contributed by atoms with Gasteiger partial charge in [-0.2, -0.15) is 4.37 Å². The monoisotopic (exact) mass is 498 g/mol. The standard InChI is InChI=1S/C29H30N4O2S/c34-28-23-12-7-9-21-10-8-13-24(26(21)23)29(35)33(28)16-6-2-1-5-15-31-17-19-32(20-18-31)27-22-11-3-4-14-25(22)36-30-27/h3-4,7-14H,1-2,5-6,15-20H2. The molecular weight excluding hydrogens is 468 g/mol. The van der Waals surface area contributed by atoms with Gasteiger partial charge < -0.3 is 4.90 Å². The minimum Gasteiger partial charge on any atom is -0.353 e. The van der Waals surface area contributed by atoms with E-state index in [1.54, 1.807) is 11.5 Å². The van der Waals surface area contributed by atoms with Crippen molar-refractivity contribution in [3.05, 3.63) is 71.8 Å². The predicted molar refractivity (Wildman–Crippen MR) is 146 cm³/mol. The number of amides is 2. The molecule has 0 spiro atoms. The highest BCUT2D eigenvalue weighted by atomic mass is 32.1. The van der Waals surface area contributed by atoms with Crippen molar-refractivity contribution in [2.45, 2.75) is 25.7 Å². The second-order valence-corrected chi connectivity index (χ2v) is 10.5. The van der Waals surface area contributed by atoms with Crippen LogP contribution in [0.5, 0.6) is 0 Å². The lowest BCUT2D eigenvalue weighted by Gasteiger charge is -2.35. The second-order valence-electron chi connectivity index (χ2n) is 9.72. The fourth-order valence-electron chi connectivity index (χ4n) is 5.53. The van der Waals surface area contributed by atoms with Gasteiger partial charge in [0.1, 0.15) is 5.82 Å². The summed E-state index contributed by atoms with van der Waals surface area (Å²) in [5, 5.41) is 3.02. The van der Waals surface area contributed by atoms with Gasteiger partial charge in [-0.3, -0.25) is 19.4 Å². The fraction of sp³-hybridized carbons (Fsp3) is 0.345. The molecule has 0 radical (unpaired) electrons. The van der Waals surface area contributed by atoms with Crippen molar-refractivity contribution in [3.8, 4) is 0 Å². The Balaban J connectivity index is 0.944. The Hall–Kier alpha value is -3.29. The maximum absolute atomic E-state index is 13.0. The molecule has 7 heteroatoms. The molecule has 2 aliphatic heterocycles. The number of fused-ring (bicyclic) bond motifs is 1. The lowest BCUT2D eigenvalue weighted by Crippen LogP contribution is -2.46. The first kappa shape index (κ1) is 23.1. The molecular formula is C29H30N4O2S. The Labute approximate surface area is 215 Å². The Kier molecular flexibility index (Phi) is 6.42. The number of unbranched alkanes of at least 4 members (excludes halogenated alkanes) is 3. The highest BCUT2D eigenvalue weighted by Crippen LogP contribution is 2.31. The number of benzene rings is 3. The van der Waals surface area contributed by atoms with Gasteiger partial charge >= 0.3 is 0 Å². The Morgan fingerprint density at radius 2 is 1.39 bits per heavy atom. The highest BCUT2D eigenvalue weighted by molar-refractivity contribution is 7.13. The topological polar surface area (TPSA) is 56.8 Å². The van der Waals surface area contributed by atoms with Crippen LogP contribution in [0, 0.1) is 0 Å².